The van der Waals surface area contributed by atoms with E-state index in [-0.39, 0.29) is 11.7 Å². The van der Waals surface area contributed by atoms with Crippen LogP contribution in [0.15, 0.2) is 41.0 Å². The predicted octanol–water partition coefficient (Wildman–Crippen LogP) is 2.57. The average Bonchev–Trinajstić information content (AvgIpc) is 2.75. The van der Waals surface area contributed by atoms with E-state index in [2.05, 4.69) is 0 Å². The molecule has 2 rings (SSSR count). The van der Waals surface area contributed by atoms with Crippen LogP contribution in [0.5, 0.6) is 5.75 Å². The number of anilines is 1. The van der Waals surface area contributed by atoms with E-state index in [1.165, 1.54) is 11.2 Å². The van der Waals surface area contributed by atoms with Crippen molar-refractivity contribution in [2.24, 2.45) is 0 Å². The van der Waals surface area contributed by atoms with E-state index < -0.39 is 0 Å². The molecule has 1 amide bonds. The molecule has 0 atom stereocenters. The first kappa shape index (κ1) is 11.3. The van der Waals surface area contributed by atoms with Crippen LogP contribution in [-0.4, -0.2) is 18.1 Å². The summed E-state index contributed by atoms with van der Waals surface area (Å²) in [6.07, 6.45) is 1.44. The summed E-state index contributed by atoms with van der Waals surface area (Å²) < 4.78 is 5.10. The lowest BCUT2D eigenvalue weighted by Crippen LogP contribution is -2.25. The third-order valence-electron chi connectivity index (χ3n) is 2.52. The molecular weight excluding hydrogens is 218 g/mol. The van der Waals surface area contributed by atoms with Crippen LogP contribution in [0.2, 0.25) is 0 Å². The summed E-state index contributed by atoms with van der Waals surface area (Å²) >= 11 is 0. The molecule has 88 valence electrons. The highest BCUT2D eigenvalue weighted by molar-refractivity contribution is 6.05. The summed E-state index contributed by atoms with van der Waals surface area (Å²) in [5.74, 6) is 0.730. The van der Waals surface area contributed by atoms with Crippen LogP contribution in [0.3, 0.4) is 0 Å². The number of phenolic OH excluding ortho intramolecular Hbond substituents is 1. The minimum atomic E-state index is -0.146. The average molecular weight is 231 g/mol. The van der Waals surface area contributed by atoms with Crippen molar-refractivity contribution in [1.29, 1.82) is 0 Å². The Balaban J connectivity index is 2.23. The number of rotatable bonds is 2. The van der Waals surface area contributed by atoms with Crippen molar-refractivity contribution in [3.05, 3.63) is 47.9 Å². The second-order valence-electron chi connectivity index (χ2n) is 3.83. The number of amides is 1. The van der Waals surface area contributed by atoms with Crippen molar-refractivity contribution in [2.45, 2.75) is 6.92 Å². The number of phenols is 1. The summed E-state index contributed by atoms with van der Waals surface area (Å²) in [6.45, 7) is 1.79. The van der Waals surface area contributed by atoms with Gasteiger partial charge in [-0.25, -0.2) is 0 Å². The molecule has 1 aromatic carbocycles. The van der Waals surface area contributed by atoms with E-state index in [0.717, 1.165) is 0 Å². The highest BCUT2D eigenvalue weighted by Gasteiger charge is 2.15. The third-order valence-corrected chi connectivity index (χ3v) is 2.52. The number of carbonyl (C=O) groups is 1. The van der Waals surface area contributed by atoms with Crippen LogP contribution >= 0.6 is 0 Å². The van der Waals surface area contributed by atoms with Crippen LogP contribution in [0.25, 0.3) is 0 Å². The first-order valence-electron chi connectivity index (χ1n) is 5.20. The molecule has 0 saturated heterocycles. The summed E-state index contributed by atoms with van der Waals surface area (Å²) in [7, 11) is 1.68. The van der Waals surface area contributed by atoms with E-state index in [0.29, 0.717) is 17.0 Å². The number of carbonyl (C=O) groups excluding carboxylic acids is 1. The molecule has 1 aromatic heterocycles. The minimum absolute atomic E-state index is 0.146. The van der Waals surface area contributed by atoms with Crippen molar-refractivity contribution < 1.29 is 14.3 Å². The van der Waals surface area contributed by atoms with E-state index in [1.807, 2.05) is 0 Å². The SMILES string of the molecule is Cc1cc(C(=O)N(C)c2ccc(O)cc2)co1. The molecule has 0 radical (unpaired) electrons. The number of aromatic hydroxyl groups is 1. The molecule has 4 nitrogen and oxygen atoms in total. The van der Waals surface area contributed by atoms with Gasteiger partial charge >= 0.3 is 0 Å². The third kappa shape index (κ3) is 2.30. The Labute approximate surface area is 99.1 Å². The molecule has 0 aliphatic carbocycles. The molecule has 0 spiro atoms. The zero-order valence-corrected chi connectivity index (χ0v) is 9.68. The van der Waals surface area contributed by atoms with Crippen molar-refractivity contribution in [3.63, 3.8) is 0 Å². The fourth-order valence-corrected chi connectivity index (χ4v) is 1.54. The molecular formula is C13H13NO3. The summed E-state index contributed by atoms with van der Waals surface area (Å²) in [5, 5.41) is 9.18. The molecule has 0 unspecified atom stereocenters. The predicted molar refractivity (Wildman–Crippen MR) is 64.3 cm³/mol. The molecule has 2 aromatic rings. The van der Waals surface area contributed by atoms with Crippen LogP contribution in [0.1, 0.15) is 16.1 Å². The van der Waals surface area contributed by atoms with Gasteiger partial charge in [-0.3, -0.25) is 4.79 Å². The van der Waals surface area contributed by atoms with Crippen LogP contribution in [-0.2, 0) is 0 Å². The maximum absolute atomic E-state index is 12.0. The fraction of sp³-hybridized carbons (Fsp3) is 0.154. The normalized spacial score (nSPS) is 10.2. The first-order valence-corrected chi connectivity index (χ1v) is 5.20. The molecule has 17 heavy (non-hydrogen) atoms. The topological polar surface area (TPSA) is 53.7 Å². The smallest absolute Gasteiger partial charge is 0.261 e. The minimum Gasteiger partial charge on any atom is -0.508 e. The van der Waals surface area contributed by atoms with Gasteiger partial charge in [-0.15, -0.1) is 0 Å². The number of hydrogen-bond acceptors (Lipinski definition) is 3. The van der Waals surface area contributed by atoms with Crippen molar-refractivity contribution in [1.82, 2.24) is 0 Å². The van der Waals surface area contributed by atoms with Gasteiger partial charge in [-0.05, 0) is 37.3 Å². The lowest BCUT2D eigenvalue weighted by atomic mass is 10.2. The molecule has 0 aliphatic heterocycles. The van der Waals surface area contributed by atoms with Crippen LogP contribution in [0.4, 0.5) is 5.69 Å². The second-order valence-corrected chi connectivity index (χ2v) is 3.83. The van der Waals surface area contributed by atoms with E-state index in [9.17, 15) is 9.90 Å². The van der Waals surface area contributed by atoms with Gasteiger partial charge in [0.15, 0.2) is 0 Å². The number of nitrogens with zero attached hydrogens (tertiary/aromatic N) is 1. The van der Waals surface area contributed by atoms with Gasteiger partial charge in [0.2, 0.25) is 0 Å². The second kappa shape index (κ2) is 4.33. The van der Waals surface area contributed by atoms with Gasteiger partial charge < -0.3 is 14.4 Å². The quantitative estimate of drug-likeness (QED) is 0.864. The van der Waals surface area contributed by atoms with Crippen LogP contribution < -0.4 is 4.90 Å². The van der Waals surface area contributed by atoms with Crippen LogP contribution in [0, 0.1) is 6.92 Å². The Morgan fingerprint density at radius 1 is 1.29 bits per heavy atom. The summed E-state index contributed by atoms with van der Waals surface area (Å²) in [4.78, 5) is 13.6. The van der Waals surface area contributed by atoms with Crippen molar-refractivity contribution in [2.75, 3.05) is 11.9 Å². The fourth-order valence-electron chi connectivity index (χ4n) is 1.54. The van der Waals surface area contributed by atoms with E-state index in [1.54, 1.807) is 44.3 Å². The molecule has 0 aliphatic rings. The molecule has 0 fully saturated rings. The molecule has 0 bridgehead atoms. The standard InChI is InChI=1S/C13H13NO3/c1-9-7-10(8-17-9)13(16)14(2)11-3-5-12(15)6-4-11/h3-8,15H,1-2H3. The Hall–Kier alpha value is -2.23. The van der Waals surface area contributed by atoms with Gasteiger partial charge in [0, 0.05) is 12.7 Å². The Morgan fingerprint density at radius 2 is 1.94 bits per heavy atom. The van der Waals surface area contributed by atoms with E-state index in [4.69, 9.17) is 4.42 Å². The Morgan fingerprint density at radius 3 is 2.47 bits per heavy atom. The lowest BCUT2D eigenvalue weighted by Gasteiger charge is -2.16. The maximum atomic E-state index is 12.0. The summed E-state index contributed by atoms with van der Waals surface area (Å²) in [6, 6.07) is 8.14. The Kier molecular flexibility index (Phi) is 2.87. The monoisotopic (exact) mass is 231 g/mol. The van der Waals surface area contributed by atoms with Crippen molar-refractivity contribution >= 4 is 11.6 Å². The van der Waals surface area contributed by atoms with Gasteiger partial charge in [0.05, 0.1) is 5.56 Å². The number of hydrogen-bond donors (Lipinski definition) is 1. The number of benzene rings is 1. The van der Waals surface area contributed by atoms with Crippen molar-refractivity contribution in [3.8, 4) is 5.75 Å². The molecule has 0 saturated carbocycles. The zero-order valence-electron chi connectivity index (χ0n) is 9.68. The lowest BCUT2D eigenvalue weighted by molar-refractivity contribution is 0.0992. The zero-order chi connectivity index (χ0) is 12.4. The molecule has 1 N–H and O–H groups in total. The van der Waals surface area contributed by atoms with Gasteiger partial charge in [-0.2, -0.15) is 0 Å². The van der Waals surface area contributed by atoms with Gasteiger partial charge in [-0.1, -0.05) is 0 Å². The summed E-state index contributed by atoms with van der Waals surface area (Å²) in [5.41, 5.74) is 1.23. The van der Waals surface area contributed by atoms with Gasteiger partial charge in [0.25, 0.3) is 5.91 Å². The van der Waals surface area contributed by atoms with E-state index >= 15 is 0 Å². The molecule has 4 heteroatoms. The first-order chi connectivity index (χ1) is 8.08. The highest BCUT2D eigenvalue weighted by Crippen LogP contribution is 2.19. The highest BCUT2D eigenvalue weighted by atomic mass is 16.3. The van der Waals surface area contributed by atoms with Gasteiger partial charge in [0.1, 0.15) is 17.8 Å². The number of aryl methyl sites for hydroxylation is 1. The number of furan rings is 1. The maximum Gasteiger partial charge on any atom is 0.261 e. The Bertz CT molecular complexity index is 528. The molecule has 1 heterocycles. The largest absolute Gasteiger partial charge is 0.508 e.